The molecule has 2 aliphatic heterocycles. The summed E-state index contributed by atoms with van der Waals surface area (Å²) in [5.41, 5.74) is 8.39. The van der Waals surface area contributed by atoms with Crippen molar-refractivity contribution in [2.24, 2.45) is 5.92 Å². The lowest BCUT2D eigenvalue weighted by Gasteiger charge is -2.33. The van der Waals surface area contributed by atoms with Crippen LogP contribution in [0.5, 0.6) is 0 Å². The first-order chi connectivity index (χ1) is 15.8. The molecule has 33 heavy (non-hydrogen) atoms. The first-order valence-corrected chi connectivity index (χ1v) is 11.4. The van der Waals surface area contributed by atoms with Crippen LogP contribution >= 0.6 is 0 Å². The number of nitrogens with zero attached hydrogens (tertiary/aromatic N) is 4. The largest absolute Gasteiger partial charge is 0.383 e. The highest BCUT2D eigenvalue weighted by atomic mass is 16.2. The van der Waals surface area contributed by atoms with Crippen LogP contribution in [-0.4, -0.2) is 71.1 Å². The van der Waals surface area contributed by atoms with E-state index in [1.165, 1.54) is 4.90 Å². The Morgan fingerprint density at radius 2 is 1.79 bits per heavy atom. The van der Waals surface area contributed by atoms with Gasteiger partial charge in [0, 0.05) is 58.3 Å². The highest BCUT2D eigenvalue weighted by molar-refractivity contribution is 5.98. The molecule has 1 aromatic carbocycles. The Morgan fingerprint density at radius 3 is 2.42 bits per heavy atom. The van der Waals surface area contributed by atoms with Gasteiger partial charge in [-0.25, -0.2) is 4.98 Å². The Balaban J connectivity index is 1.32. The molecule has 2 fully saturated rings. The van der Waals surface area contributed by atoms with Crippen molar-refractivity contribution >= 4 is 23.5 Å². The van der Waals surface area contributed by atoms with Gasteiger partial charge in [0.25, 0.3) is 5.91 Å². The van der Waals surface area contributed by atoms with Gasteiger partial charge in [-0.15, -0.1) is 0 Å². The molecule has 8 nitrogen and oxygen atoms in total. The zero-order valence-corrected chi connectivity index (χ0v) is 19.2. The van der Waals surface area contributed by atoms with Crippen molar-refractivity contribution in [2.75, 3.05) is 39.5 Å². The number of benzene rings is 1. The molecular formula is C25H31N5O3. The van der Waals surface area contributed by atoms with Gasteiger partial charge in [0.15, 0.2) is 0 Å². The van der Waals surface area contributed by atoms with Crippen molar-refractivity contribution < 1.29 is 14.4 Å². The summed E-state index contributed by atoms with van der Waals surface area (Å²) in [6.45, 7) is 2.29. The van der Waals surface area contributed by atoms with E-state index in [0.29, 0.717) is 31.7 Å². The van der Waals surface area contributed by atoms with E-state index in [4.69, 9.17) is 5.73 Å². The second kappa shape index (κ2) is 9.60. The number of carbonyl (C=O) groups excluding carboxylic acids is 3. The summed E-state index contributed by atoms with van der Waals surface area (Å²) >= 11 is 0. The second-order valence-corrected chi connectivity index (χ2v) is 9.13. The van der Waals surface area contributed by atoms with Gasteiger partial charge in [0.05, 0.1) is 11.5 Å². The number of hydrogen-bond donors (Lipinski definition) is 1. The van der Waals surface area contributed by atoms with Crippen molar-refractivity contribution in [3.05, 3.63) is 59.3 Å². The van der Waals surface area contributed by atoms with Crippen LogP contribution in [0.3, 0.4) is 0 Å². The normalized spacial score (nSPS) is 19.1. The molecule has 3 heterocycles. The Kier molecular flexibility index (Phi) is 6.62. The molecule has 8 heteroatoms. The highest BCUT2D eigenvalue weighted by Gasteiger charge is 2.37. The maximum absolute atomic E-state index is 13.1. The van der Waals surface area contributed by atoms with Gasteiger partial charge in [0.1, 0.15) is 5.82 Å². The Morgan fingerprint density at radius 1 is 1.09 bits per heavy atom. The van der Waals surface area contributed by atoms with Crippen LogP contribution in [0.15, 0.2) is 42.5 Å². The number of pyridine rings is 1. The van der Waals surface area contributed by atoms with Gasteiger partial charge in [-0.05, 0) is 30.5 Å². The zero-order valence-electron chi connectivity index (χ0n) is 19.2. The highest BCUT2D eigenvalue weighted by Crippen LogP contribution is 2.30. The van der Waals surface area contributed by atoms with Gasteiger partial charge >= 0.3 is 0 Å². The number of nitrogens with two attached hydrogens (primary N) is 1. The van der Waals surface area contributed by atoms with Gasteiger partial charge in [-0.2, -0.15) is 0 Å². The predicted octanol–water partition coefficient (Wildman–Crippen LogP) is 2.12. The number of aromatic nitrogens is 1. The van der Waals surface area contributed by atoms with Crippen molar-refractivity contribution in [3.8, 4) is 0 Å². The van der Waals surface area contributed by atoms with Crippen LogP contribution in [0.2, 0.25) is 0 Å². The van der Waals surface area contributed by atoms with Crippen molar-refractivity contribution in [1.82, 2.24) is 19.7 Å². The molecule has 4 rings (SSSR count). The van der Waals surface area contributed by atoms with E-state index in [-0.39, 0.29) is 41.8 Å². The van der Waals surface area contributed by atoms with Crippen LogP contribution in [-0.2, 0) is 16.1 Å². The van der Waals surface area contributed by atoms with Crippen molar-refractivity contribution in [2.45, 2.75) is 31.7 Å². The summed E-state index contributed by atoms with van der Waals surface area (Å²) in [5, 5.41) is 0. The summed E-state index contributed by atoms with van der Waals surface area (Å²) in [7, 11) is 3.36. The molecule has 1 aromatic heterocycles. The van der Waals surface area contributed by atoms with E-state index in [0.717, 1.165) is 24.1 Å². The first kappa shape index (κ1) is 22.8. The Hall–Kier alpha value is -3.42. The molecule has 0 saturated carbocycles. The molecule has 3 amide bonds. The van der Waals surface area contributed by atoms with Crippen LogP contribution in [0.25, 0.3) is 0 Å². The number of amides is 3. The number of likely N-dealkylation sites (tertiary alicyclic amines) is 2. The number of nitrogen functional groups attached to an aromatic ring is 1. The average molecular weight is 450 g/mol. The van der Waals surface area contributed by atoms with E-state index >= 15 is 0 Å². The molecule has 174 valence electrons. The second-order valence-electron chi connectivity index (χ2n) is 9.13. The van der Waals surface area contributed by atoms with Gasteiger partial charge in [-0.3, -0.25) is 14.4 Å². The standard InChI is InChI=1S/C25H31N5O3/c1-28(2)25(33)20-8-9-21(27-23(20)26)18-10-12-29(13-11-18)24(32)19-14-22(31)30(16-19)15-17-6-4-3-5-7-17/h3-9,18-19H,10-16H2,1-2H3,(H2,26,27)/t19-/m0/s1. The van der Waals surface area contributed by atoms with E-state index in [9.17, 15) is 14.4 Å². The smallest absolute Gasteiger partial charge is 0.257 e. The Bertz CT molecular complexity index is 1030. The van der Waals surface area contributed by atoms with Gasteiger partial charge in [-0.1, -0.05) is 30.3 Å². The lowest BCUT2D eigenvalue weighted by molar-refractivity contribution is -0.136. The fourth-order valence-corrected chi connectivity index (χ4v) is 4.69. The molecule has 0 aliphatic carbocycles. The number of anilines is 1. The summed E-state index contributed by atoms with van der Waals surface area (Å²) in [5.74, 6) is 0.102. The molecule has 2 aromatic rings. The lowest BCUT2D eigenvalue weighted by atomic mass is 9.91. The van der Waals surface area contributed by atoms with Gasteiger partial charge < -0.3 is 20.4 Å². The summed E-state index contributed by atoms with van der Waals surface area (Å²) < 4.78 is 0. The number of carbonyl (C=O) groups is 3. The summed E-state index contributed by atoms with van der Waals surface area (Å²) in [4.78, 5) is 47.4. The third-order valence-electron chi connectivity index (χ3n) is 6.59. The number of hydrogen-bond acceptors (Lipinski definition) is 5. The molecule has 1 atom stereocenters. The number of rotatable bonds is 5. The fraction of sp³-hybridized carbons (Fsp3) is 0.440. The van der Waals surface area contributed by atoms with E-state index in [1.807, 2.05) is 41.3 Å². The third-order valence-corrected chi connectivity index (χ3v) is 6.59. The van der Waals surface area contributed by atoms with Crippen LogP contribution in [0.4, 0.5) is 5.82 Å². The summed E-state index contributed by atoms with van der Waals surface area (Å²) in [6, 6.07) is 13.5. The molecule has 2 saturated heterocycles. The molecule has 0 radical (unpaired) electrons. The minimum absolute atomic E-state index is 0.0409. The lowest BCUT2D eigenvalue weighted by Crippen LogP contribution is -2.42. The molecule has 0 unspecified atom stereocenters. The quantitative estimate of drug-likeness (QED) is 0.754. The van der Waals surface area contributed by atoms with E-state index in [1.54, 1.807) is 25.1 Å². The Labute approximate surface area is 194 Å². The van der Waals surface area contributed by atoms with Crippen LogP contribution in [0.1, 0.15) is 46.8 Å². The fourth-order valence-electron chi connectivity index (χ4n) is 4.69. The third kappa shape index (κ3) is 4.99. The predicted molar refractivity (Wildman–Crippen MR) is 125 cm³/mol. The van der Waals surface area contributed by atoms with E-state index < -0.39 is 0 Å². The molecular weight excluding hydrogens is 418 g/mol. The maximum Gasteiger partial charge on any atom is 0.257 e. The zero-order chi connectivity index (χ0) is 23.5. The molecule has 2 aliphatic rings. The molecule has 2 N–H and O–H groups in total. The van der Waals surface area contributed by atoms with Gasteiger partial charge in [0.2, 0.25) is 11.8 Å². The van der Waals surface area contributed by atoms with Crippen LogP contribution in [0, 0.1) is 5.92 Å². The SMILES string of the molecule is CN(C)C(=O)c1ccc(C2CCN(C(=O)[C@H]3CC(=O)N(Cc4ccccc4)C3)CC2)nc1N. The molecule has 0 bridgehead atoms. The van der Waals surface area contributed by atoms with Crippen molar-refractivity contribution in [1.29, 1.82) is 0 Å². The monoisotopic (exact) mass is 449 g/mol. The van der Waals surface area contributed by atoms with E-state index in [2.05, 4.69) is 4.98 Å². The maximum atomic E-state index is 13.1. The topological polar surface area (TPSA) is 99.8 Å². The van der Waals surface area contributed by atoms with Crippen molar-refractivity contribution in [3.63, 3.8) is 0 Å². The first-order valence-electron chi connectivity index (χ1n) is 11.4. The minimum Gasteiger partial charge on any atom is -0.383 e. The minimum atomic E-state index is -0.275. The average Bonchev–Trinajstić information content (AvgIpc) is 3.18. The summed E-state index contributed by atoms with van der Waals surface area (Å²) in [6.07, 6.45) is 1.85. The van der Waals surface area contributed by atoms with Crippen LogP contribution < -0.4 is 5.73 Å². The molecule has 0 spiro atoms. The number of piperidine rings is 1.